The van der Waals surface area contributed by atoms with Crippen molar-refractivity contribution in [3.8, 4) is 16.8 Å². The lowest BCUT2D eigenvalue weighted by Gasteiger charge is -2.25. The van der Waals surface area contributed by atoms with Gasteiger partial charge in [0.2, 0.25) is 0 Å². The minimum Gasteiger partial charge on any atom is -0.309 e. The fourth-order valence-electron chi connectivity index (χ4n) is 7.81. The first-order chi connectivity index (χ1) is 23.0. The summed E-state index contributed by atoms with van der Waals surface area (Å²) >= 11 is 0. The molecule has 1 aliphatic heterocycles. The van der Waals surface area contributed by atoms with Gasteiger partial charge in [-0.15, -0.1) is 0 Å². The zero-order valence-corrected chi connectivity index (χ0v) is 26.6. The summed E-state index contributed by atoms with van der Waals surface area (Å²) in [4.78, 5) is 5.28. The van der Waals surface area contributed by atoms with Crippen LogP contribution < -0.4 is 0 Å². The third kappa shape index (κ3) is 4.22. The van der Waals surface area contributed by atoms with Gasteiger partial charge in [-0.05, 0) is 86.5 Å². The van der Waals surface area contributed by atoms with E-state index in [0.29, 0.717) is 0 Å². The third-order valence-electron chi connectivity index (χ3n) is 10.2. The molecule has 2 heteroatoms. The Bertz CT molecular complexity index is 2420. The standard InChI is InChI=1S/C45H34N2/c1-29-36(30-14-6-4-7-15-30)27-41(31-16-8-5-9-17-31)46-44(29)32-22-24-33(25-23-32)47-42-21-13-11-19-35(42)38-26-37-34-18-10-12-20-39(34)45(2,3)40(37)28-43(38)47/h4-28,44H,1H2,2-3H3. The number of allylic oxidation sites excluding steroid dienone is 1. The van der Waals surface area contributed by atoms with Crippen LogP contribution in [-0.4, -0.2) is 10.3 Å². The van der Waals surface area contributed by atoms with E-state index in [-0.39, 0.29) is 11.5 Å². The smallest absolute Gasteiger partial charge is 0.101 e. The molecule has 47 heavy (non-hydrogen) atoms. The van der Waals surface area contributed by atoms with Crippen LogP contribution in [-0.2, 0) is 5.41 Å². The fourth-order valence-corrected chi connectivity index (χ4v) is 7.81. The molecule has 1 atom stereocenters. The van der Waals surface area contributed by atoms with Gasteiger partial charge in [-0.3, -0.25) is 4.99 Å². The highest BCUT2D eigenvalue weighted by atomic mass is 15.0. The van der Waals surface area contributed by atoms with E-state index in [4.69, 9.17) is 4.99 Å². The Labute approximate surface area is 275 Å². The Hall–Kier alpha value is -5.73. The molecule has 2 aliphatic rings. The average molecular weight is 603 g/mol. The molecule has 6 aromatic carbocycles. The molecular weight excluding hydrogens is 569 g/mol. The van der Waals surface area contributed by atoms with E-state index in [1.165, 1.54) is 44.1 Å². The van der Waals surface area contributed by atoms with Crippen molar-refractivity contribution in [1.82, 2.24) is 4.57 Å². The first-order valence-electron chi connectivity index (χ1n) is 16.4. The maximum Gasteiger partial charge on any atom is 0.101 e. The summed E-state index contributed by atoms with van der Waals surface area (Å²) in [7, 11) is 0. The van der Waals surface area contributed by atoms with Crippen LogP contribution >= 0.6 is 0 Å². The van der Waals surface area contributed by atoms with Crippen LogP contribution in [0.3, 0.4) is 0 Å². The van der Waals surface area contributed by atoms with Crippen LogP contribution in [0.5, 0.6) is 0 Å². The van der Waals surface area contributed by atoms with E-state index in [1.807, 2.05) is 6.07 Å². The molecule has 1 unspecified atom stereocenters. The Balaban J connectivity index is 1.18. The second kappa shape index (κ2) is 10.4. The minimum absolute atomic E-state index is 0.0644. The molecule has 0 radical (unpaired) electrons. The van der Waals surface area contributed by atoms with E-state index in [2.05, 4.69) is 171 Å². The van der Waals surface area contributed by atoms with Gasteiger partial charge >= 0.3 is 0 Å². The molecule has 0 bridgehead atoms. The predicted octanol–water partition coefficient (Wildman–Crippen LogP) is 11.3. The number of aromatic nitrogens is 1. The van der Waals surface area contributed by atoms with Crippen molar-refractivity contribution in [3.63, 3.8) is 0 Å². The van der Waals surface area contributed by atoms with Gasteiger partial charge < -0.3 is 4.57 Å². The van der Waals surface area contributed by atoms with Gasteiger partial charge in [0, 0.05) is 21.9 Å². The van der Waals surface area contributed by atoms with Crippen LogP contribution in [0.1, 0.15) is 47.7 Å². The molecular formula is C45H34N2. The topological polar surface area (TPSA) is 17.3 Å². The molecule has 0 amide bonds. The largest absolute Gasteiger partial charge is 0.309 e. The van der Waals surface area contributed by atoms with Gasteiger partial charge in [-0.1, -0.05) is 136 Å². The van der Waals surface area contributed by atoms with Crippen molar-refractivity contribution in [3.05, 3.63) is 192 Å². The number of hydrogen-bond acceptors (Lipinski definition) is 1. The van der Waals surface area contributed by atoms with Crippen LogP contribution in [0.15, 0.2) is 169 Å². The number of para-hydroxylation sites is 1. The number of dihydropyridines is 1. The molecule has 0 spiro atoms. The number of nitrogens with zero attached hydrogens (tertiary/aromatic N) is 2. The quantitative estimate of drug-likeness (QED) is 0.191. The van der Waals surface area contributed by atoms with Gasteiger partial charge in [0.05, 0.1) is 16.7 Å². The van der Waals surface area contributed by atoms with Crippen molar-refractivity contribution >= 4 is 33.1 Å². The van der Waals surface area contributed by atoms with Crippen molar-refractivity contribution in [2.75, 3.05) is 0 Å². The van der Waals surface area contributed by atoms with Crippen molar-refractivity contribution in [2.45, 2.75) is 25.3 Å². The summed E-state index contributed by atoms with van der Waals surface area (Å²) in [6, 6.07) is 52.3. The number of rotatable bonds is 4. The molecule has 2 heterocycles. The van der Waals surface area contributed by atoms with Crippen molar-refractivity contribution < 1.29 is 0 Å². The zero-order valence-electron chi connectivity index (χ0n) is 26.6. The third-order valence-corrected chi connectivity index (χ3v) is 10.2. The van der Waals surface area contributed by atoms with Crippen molar-refractivity contribution in [2.24, 2.45) is 4.99 Å². The maximum absolute atomic E-state index is 5.28. The van der Waals surface area contributed by atoms with Gasteiger partial charge in [0.25, 0.3) is 0 Å². The lowest BCUT2D eigenvalue weighted by molar-refractivity contribution is 0.661. The van der Waals surface area contributed by atoms with Crippen LogP contribution in [0.2, 0.25) is 0 Å². The first-order valence-corrected chi connectivity index (χ1v) is 16.4. The Kier molecular flexibility index (Phi) is 6.10. The molecule has 9 rings (SSSR count). The second-order valence-corrected chi connectivity index (χ2v) is 13.3. The summed E-state index contributed by atoms with van der Waals surface area (Å²) in [6.45, 7) is 9.30. The van der Waals surface area contributed by atoms with Gasteiger partial charge in [-0.2, -0.15) is 0 Å². The zero-order chi connectivity index (χ0) is 31.7. The van der Waals surface area contributed by atoms with Crippen LogP contribution in [0.25, 0.3) is 44.2 Å². The van der Waals surface area contributed by atoms with Crippen LogP contribution in [0.4, 0.5) is 0 Å². The molecule has 2 nitrogen and oxygen atoms in total. The number of aliphatic imine (C=N–C) groups is 1. The van der Waals surface area contributed by atoms with E-state index in [0.717, 1.165) is 39.2 Å². The van der Waals surface area contributed by atoms with Gasteiger partial charge in [-0.25, -0.2) is 0 Å². The fraction of sp³-hybridized carbons (Fsp3) is 0.0889. The maximum atomic E-state index is 5.28. The normalized spacial score (nSPS) is 16.6. The van der Waals surface area contributed by atoms with Gasteiger partial charge in [0.15, 0.2) is 0 Å². The van der Waals surface area contributed by atoms with Crippen LogP contribution in [0, 0.1) is 0 Å². The number of fused-ring (bicyclic) bond motifs is 6. The van der Waals surface area contributed by atoms with Crippen molar-refractivity contribution in [1.29, 1.82) is 0 Å². The molecule has 1 aromatic heterocycles. The summed E-state index contributed by atoms with van der Waals surface area (Å²) in [5, 5.41) is 2.55. The summed E-state index contributed by atoms with van der Waals surface area (Å²) < 4.78 is 2.43. The second-order valence-electron chi connectivity index (χ2n) is 13.3. The number of hydrogen-bond donors (Lipinski definition) is 0. The monoisotopic (exact) mass is 602 g/mol. The van der Waals surface area contributed by atoms with E-state index >= 15 is 0 Å². The van der Waals surface area contributed by atoms with E-state index in [9.17, 15) is 0 Å². The molecule has 0 saturated carbocycles. The molecule has 7 aromatic rings. The molecule has 0 saturated heterocycles. The highest BCUT2D eigenvalue weighted by Gasteiger charge is 2.36. The van der Waals surface area contributed by atoms with E-state index < -0.39 is 0 Å². The summed E-state index contributed by atoms with van der Waals surface area (Å²) in [6.07, 6.45) is 2.19. The number of benzene rings is 6. The Morgan fingerprint density at radius 2 is 1.26 bits per heavy atom. The lowest BCUT2D eigenvalue weighted by Crippen LogP contribution is -2.15. The minimum atomic E-state index is -0.180. The SMILES string of the molecule is C=C1C(c2ccccc2)=CC(c2ccccc2)=NC1c1ccc(-n2c3ccccc3c3cc4c(cc32)C(C)(C)c2ccccc2-4)cc1. The van der Waals surface area contributed by atoms with Gasteiger partial charge in [0.1, 0.15) is 6.04 Å². The molecule has 0 N–H and O–H groups in total. The molecule has 1 aliphatic carbocycles. The summed E-state index contributed by atoms with van der Waals surface area (Å²) in [5.41, 5.74) is 15.5. The molecule has 0 fully saturated rings. The highest BCUT2D eigenvalue weighted by Crippen LogP contribution is 2.51. The van der Waals surface area contributed by atoms with E-state index in [1.54, 1.807) is 0 Å². The Morgan fingerprint density at radius 3 is 2.02 bits per heavy atom. The lowest BCUT2D eigenvalue weighted by atomic mass is 9.82. The predicted molar refractivity (Wildman–Crippen MR) is 198 cm³/mol. The highest BCUT2D eigenvalue weighted by molar-refractivity contribution is 6.15. The summed E-state index contributed by atoms with van der Waals surface area (Å²) in [5.74, 6) is 0. The molecule has 224 valence electrons. The average Bonchev–Trinajstić information content (AvgIpc) is 3.56. The Morgan fingerprint density at radius 1 is 0.596 bits per heavy atom. The first kappa shape index (κ1) is 27.6.